The Morgan fingerprint density at radius 1 is 1.30 bits per heavy atom. The molecule has 1 rings (SSSR count). The monoisotopic (exact) mass is 283 g/mol. The lowest BCUT2D eigenvalue weighted by atomic mass is 9.82. The molecule has 0 spiro atoms. The minimum absolute atomic E-state index is 0.0812. The standard InChI is InChI=1S/C16H29NO3/c1-7-8-10-13(14(18)19-6)20-17-15(2,3)11-9-12-16(17,4)5/h7,13H,1,8-12H2,2-6H3. The van der Waals surface area contributed by atoms with E-state index < -0.39 is 6.10 Å². The van der Waals surface area contributed by atoms with Gasteiger partial charge in [-0.1, -0.05) is 6.08 Å². The van der Waals surface area contributed by atoms with Crippen LogP contribution >= 0.6 is 0 Å². The van der Waals surface area contributed by atoms with Crippen LogP contribution in [0.3, 0.4) is 0 Å². The maximum Gasteiger partial charge on any atom is 0.337 e. The molecule has 20 heavy (non-hydrogen) atoms. The summed E-state index contributed by atoms with van der Waals surface area (Å²) in [5.74, 6) is -0.316. The minimum atomic E-state index is -0.561. The summed E-state index contributed by atoms with van der Waals surface area (Å²) in [6.45, 7) is 12.4. The smallest absolute Gasteiger partial charge is 0.337 e. The Kier molecular flexibility index (Phi) is 5.78. The van der Waals surface area contributed by atoms with Gasteiger partial charge in [0.15, 0.2) is 6.10 Å². The highest BCUT2D eigenvalue weighted by atomic mass is 16.7. The van der Waals surface area contributed by atoms with Crippen LogP contribution in [0.15, 0.2) is 12.7 Å². The molecule has 0 aromatic rings. The Hall–Kier alpha value is -0.870. The van der Waals surface area contributed by atoms with Gasteiger partial charge in [-0.3, -0.25) is 4.84 Å². The first kappa shape index (κ1) is 17.2. The van der Waals surface area contributed by atoms with E-state index in [1.54, 1.807) is 6.08 Å². The largest absolute Gasteiger partial charge is 0.467 e. The number of methoxy groups -OCH3 is 1. The molecule has 1 heterocycles. The number of esters is 1. The fraction of sp³-hybridized carbons (Fsp3) is 0.812. The van der Waals surface area contributed by atoms with Gasteiger partial charge in [0.25, 0.3) is 0 Å². The maximum absolute atomic E-state index is 11.9. The van der Waals surface area contributed by atoms with Gasteiger partial charge < -0.3 is 4.74 Å². The molecule has 0 bridgehead atoms. The van der Waals surface area contributed by atoms with Gasteiger partial charge >= 0.3 is 5.97 Å². The Balaban J connectivity index is 2.87. The molecular formula is C16H29NO3. The van der Waals surface area contributed by atoms with E-state index in [4.69, 9.17) is 9.57 Å². The molecule has 0 radical (unpaired) electrons. The van der Waals surface area contributed by atoms with Crippen molar-refractivity contribution in [3.8, 4) is 0 Å². The van der Waals surface area contributed by atoms with Crippen molar-refractivity contribution >= 4 is 5.97 Å². The molecular weight excluding hydrogens is 254 g/mol. The number of piperidine rings is 1. The van der Waals surface area contributed by atoms with E-state index in [-0.39, 0.29) is 17.0 Å². The fourth-order valence-electron chi connectivity index (χ4n) is 3.00. The van der Waals surface area contributed by atoms with Gasteiger partial charge in [0.1, 0.15) is 0 Å². The number of hydrogen-bond acceptors (Lipinski definition) is 4. The number of rotatable bonds is 6. The number of ether oxygens (including phenoxy) is 1. The molecule has 1 aliphatic heterocycles. The number of hydrogen-bond donors (Lipinski definition) is 0. The SMILES string of the molecule is C=CCCC(ON1C(C)(C)CCCC1(C)C)C(=O)OC. The van der Waals surface area contributed by atoms with Gasteiger partial charge in [0.2, 0.25) is 0 Å². The van der Waals surface area contributed by atoms with Crippen molar-refractivity contribution < 1.29 is 14.4 Å². The van der Waals surface area contributed by atoms with Crippen LogP contribution in [-0.4, -0.2) is 35.3 Å². The summed E-state index contributed by atoms with van der Waals surface area (Å²) < 4.78 is 4.86. The first-order chi connectivity index (χ1) is 9.24. The Bertz CT molecular complexity index is 334. The molecule has 0 saturated carbocycles. The Labute approximate surface area is 123 Å². The van der Waals surface area contributed by atoms with Crippen LogP contribution in [-0.2, 0) is 14.4 Å². The lowest BCUT2D eigenvalue weighted by Gasteiger charge is -2.52. The van der Waals surface area contributed by atoms with Gasteiger partial charge in [0, 0.05) is 11.1 Å². The second-order valence-electron chi connectivity index (χ2n) is 6.76. The quantitative estimate of drug-likeness (QED) is 0.552. The second kappa shape index (κ2) is 6.72. The normalized spacial score (nSPS) is 23.1. The van der Waals surface area contributed by atoms with E-state index >= 15 is 0 Å². The van der Waals surface area contributed by atoms with Gasteiger partial charge in [0.05, 0.1) is 7.11 Å². The third-order valence-electron chi connectivity index (χ3n) is 4.01. The van der Waals surface area contributed by atoms with Gasteiger partial charge in [-0.2, -0.15) is 5.06 Å². The van der Waals surface area contributed by atoms with Crippen molar-refractivity contribution in [1.29, 1.82) is 0 Å². The molecule has 1 atom stereocenters. The van der Waals surface area contributed by atoms with Crippen LogP contribution in [0.1, 0.15) is 59.8 Å². The molecule has 0 amide bonds. The van der Waals surface area contributed by atoms with Crippen molar-refractivity contribution in [3.63, 3.8) is 0 Å². The zero-order valence-electron chi connectivity index (χ0n) is 13.6. The lowest BCUT2D eigenvalue weighted by molar-refractivity contribution is -0.302. The summed E-state index contributed by atoms with van der Waals surface area (Å²) in [6, 6.07) is 0. The Morgan fingerprint density at radius 2 is 1.85 bits per heavy atom. The van der Waals surface area contributed by atoms with E-state index in [1.807, 2.05) is 5.06 Å². The van der Waals surface area contributed by atoms with Crippen molar-refractivity contribution in [2.24, 2.45) is 0 Å². The highest BCUT2D eigenvalue weighted by molar-refractivity contribution is 5.74. The van der Waals surface area contributed by atoms with Crippen molar-refractivity contribution in [3.05, 3.63) is 12.7 Å². The Morgan fingerprint density at radius 3 is 2.30 bits per heavy atom. The number of nitrogens with zero attached hydrogens (tertiary/aromatic N) is 1. The molecule has 0 N–H and O–H groups in total. The molecule has 4 nitrogen and oxygen atoms in total. The molecule has 1 saturated heterocycles. The number of allylic oxidation sites excluding steroid dienone is 1. The zero-order valence-corrected chi connectivity index (χ0v) is 13.6. The van der Waals surface area contributed by atoms with Gasteiger partial charge in [-0.15, -0.1) is 6.58 Å². The van der Waals surface area contributed by atoms with Crippen LogP contribution in [0.4, 0.5) is 0 Å². The predicted molar refractivity (Wildman–Crippen MR) is 80.2 cm³/mol. The molecule has 0 aromatic carbocycles. The third kappa shape index (κ3) is 4.06. The predicted octanol–water partition coefficient (Wildman–Crippen LogP) is 3.47. The van der Waals surface area contributed by atoms with Gasteiger partial charge in [-0.05, 0) is 59.8 Å². The number of hydroxylamine groups is 2. The van der Waals surface area contributed by atoms with Crippen molar-refractivity contribution in [2.75, 3.05) is 7.11 Å². The van der Waals surface area contributed by atoms with Crippen molar-refractivity contribution in [2.45, 2.75) is 77.0 Å². The molecule has 0 aromatic heterocycles. The molecule has 4 heteroatoms. The highest BCUT2D eigenvalue weighted by Gasteiger charge is 2.44. The van der Waals surface area contributed by atoms with Crippen LogP contribution < -0.4 is 0 Å². The molecule has 0 aliphatic carbocycles. The molecule has 1 aliphatic rings. The van der Waals surface area contributed by atoms with E-state index in [0.717, 1.165) is 19.3 Å². The first-order valence-electron chi connectivity index (χ1n) is 7.40. The van der Waals surface area contributed by atoms with Crippen LogP contribution in [0.2, 0.25) is 0 Å². The van der Waals surface area contributed by atoms with Crippen LogP contribution in [0.5, 0.6) is 0 Å². The minimum Gasteiger partial charge on any atom is -0.467 e. The molecule has 1 unspecified atom stereocenters. The molecule has 116 valence electrons. The third-order valence-corrected chi connectivity index (χ3v) is 4.01. The second-order valence-corrected chi connectivity index (χ2v) is 6.76. The summed E-state index contributed by atoms with van der Waals surface area (Å²) in [6.07, 6.45) is 5.86. The zero-order chi connectivity index (χ0) is 15.4. The summed E-state index contributed by atoms with van der Waals surface area (Å²) in [5, 5.41) is 2.01. The summed E-state index contributed by atoms with van der Waals surface area (Å²) in [7, 11) is 1.40. The first-order valence-corrected chi connectivity index (χ1v) is 7.40. The summed E-state index contributed by atoms with van der Waals surface area (Å²) in [4.78, 5) is 18.0. The van der Waals surface area contributed by atoms with Gasteiger partial charge in [-0.25, -0.2) is 4.79 Å². The van der Waals surface area contributed by atoms with Crippen LogP contribution in [0.25, 0.3) is 0 Å². The lowest BCUT2D eigenvalue weighted by Crippen LogP contribution is -2.59. The average Bonchev–Trinajstić information content (AvgIpc) is 2.35. The van der Waals surface area contributed by atoms with Crippen LogP contribution in [0, 0.1) is 0 Å². The number of carbonyl (C=O) groups is 1. The van der Waals surface area contributed by atoms with Crippen molar-refractivity contribution in [1.82, 2.24) is 5.06 Å². The molecule has 1 fully saturated rings. The van der Waals surface area contributed by atoms with E-state index in [9.17, 15) is 4.79 Å². The number of carbonyl (C=O) groups excluding carboxylic acids is 1. The highest BCUT2D eigenvalue weighted by Crippen LogP contribution is 2.39. The fourth-order valence-corrected chi connectivity index (χ4v) is 3.00. The topological polar surface area (TPSA) is 38.8 Å². The average molecular weight is 283 g/mol. The van der Waals surface area contributed by atoms with E-state index in [2.05, 4.69) is 34.3 Å². The maximum atomic E-state index is 11.9. The summed E-state index contributed by atoms with van der Waals surface area (Å²) >= 11 is 0. The summed E-state index contributed by atoms with van der Waals surface area (Å²) in [5.41, 5.74) is -0.162. The van der Waals surface area contributed by atoms with E-state index in [1.165, 1.54) is 13.5 Å². The van der Waals surface area contributed by atoms with E-state index in [0.29, 0.717) is 6.42 Å².